The Bertz CT molecular complexity index is 547. The molecule has 1 N–H and O–H groups in total. The number of rotatable bonds is 3. The number of pyridine rings is 1. The number of benzene rings is 1. The van der Waals surface area contributed by atoms with Crippen LogP contribution in [0.1, 0.15) is 11.6 Å². The number of hydrogen-bond acceptors (Lipinski definition) is 4. The van der Waals surface area contributed by atoms with E-state index in [9.17, 15) is 0 Å². The highest BCUT2D eigenvalue weighted by Gasteiger charge is 2.25. The van der Waals surface area contributed by atoms with Gasteiger partial charge >= 0.3 is 0 Å². The summed E-state index contributed by atoms with van der Waals surface area (Å²) < 4.78 is 0. The molecule has 1 fully saturated rings. The van der Waals surface area contributed by atoms with E-state index >= 15 is 0 Å². The summed E-state index contributed by atoms with van der Waals surface area (Å²) in [7, 11) is 2.07. The second kappa shape index (κ2) is 6.16. The molecule has 2 unspecified atom stereocenters. The molecule has 2 heterocycles. The molecule has 1 aliphatic heterocycles. The van der Waals surface area contributed by atoms with Crippen LogP contribution in [0.2, 0.25) is 0 Å². The fourth-order valence-corrected chi connectivity index (χ4v) is 5.54. The molecule has 1 aliphatic rings. The number of fused-ring (bicyclic) bond motifs is 1. The summed E-state index contributed by atoms with van der Waals surface area (Å²) in [5.74, 6) is 3.78. The third kappa shape index (κ3) is 2.76. The average molecular weight is 290 g/mol. The van der Waals surface area contributed by atoms with Crippen LogP contribution in [0.15, 0.2) is 36.5 Å². The molecule has 4 heteroatoms. The van der Waals surface area contributed by atoms with Crippen LogP contribution in [0.3, 0.4) is 0 Å². The predicted molar refractivity (Wildman–Crippen MR) is 87.1 cm³/mol. The quantitative estimate of drug-likeness (QED) is 0.937. The van der Waals surface area contributed by atoms with E-state index in [1.165, 1.54) is 28.2 Å². The third-order valence-electron chi connectivity index (χ3n) is 3.54. The van der Waals surface area contributed by atoms with Crippen LogP contribution in [0.4, 0.5) is 0 Å². The molecular weight excluding hydrogens is 272 g/mol. The largest absolute Gasteiger partial charge is 0.312 e. The van der Waals surface area contributed by atoms with Gasteiger partial charge in [0.05, 0.1) is 5.52 Å². The second-order valence-corrected chi connectivity index (χ2v) is 7.16. The average Bonchev–Trinajstić information content (AvgIpc) is 2.49. The molecule has 100 valence electrons. The minimum absolute atomic E-state index is 0.408. The van der Waals surface area contributed by atoms with Crippen molar-refractivity contribution in [2.75, 3.05) is 24.3 Å². The van der Waals surface area contributed by atoms with E-state index in [-0.39, 0.29) is 0 Å². The maximum Gasteiger partial charge on any atom is 0.0705 e. The van der Waals surface area contributed by atoms with Gasteiger partial charge in [0.2, 0.25) is 0 Å². The summed E-state index contributed by atoms with van der Waals surface area (Å²) in [5, 5.41) is 5.44. The van der Waals surface area contributed by atoms with Gasteiger partial charge < -0.3 is 5.32 Å². The summed E-state index contributed by atoms with van der Waals surface area (Å²) >= 11 is 4.17. The number of hydrogen-bond donors (Lipinski definition) is 1. The standard InChI is InChI=1S/C15H18N2S2/c1-16-15(14-10-18-8-9-19-14)12-4-2-6-13-11(12)5-3-7-17-13/h2-7,14-16H,8-10H2,1H3. The van der Waals surface area contributed by atoms with E-state index in [1.54, 1.807) is 0 Å². The van der Waals surface area contributed by atoms with Crippen LogP contribution in [0, 0.1) is 0 Å². The van der Waals surface area contributed by atoms with Crippen LogP contribution >= 0.6 is 23.5 Å². The SMILES string of the molecule is CNC(c1cccc2ncccc12)C1CSCCS1. The lowest BCUT2D eigenvalue weighted by molar-refractivity contribution is 0.596. The van der Waals surface area contributed by atoms with Crippen molar-refractivity contribution in [3.05, 3.63) is 42.1 Å². The Hall–Kier alpha value is -0.710. The number of thioether (sulfide) groups is 2. The van der Waals surface area contributed by atoms with E-state index in [2.05, 4.69) is 65.1 Å². The van der Waals surface area contributed by atoms with Crippen LogP contribution in [0.5, 0.6) is 0 Å². The summed E-state index contributed by atoms with van der Waals surface area (Å²) in [6.45, 7) is 0. The predicted octanol–water partition coefficient (Wildman–Crippen LogP) is 3.34. The number of aromatic nitrogens is 1. The molecule has 2 nitrogen and oxygen atoms in total. The smallest absolute Gasteiger partial charge is 0.0705 e. The van der Waals surface area contributed by atoms with Crippen LogP contribution in [-0.2, 0) is 0 Å². The van der Waals surface area contributed by atoms with Crippen molar-refractivity contribution < 1.29 is 0 Å². The number of nitrogens with one attached hydrogen (secondary N) is 1. The van der Waals surface area contributed by atoms with Gasteiger partial charge in [0.25, 0.3) is 0 Å². The Morgan fingerprint density at radius 1 is 1.26 bits per heavy atom. The highest BCUT2D eigenvalue weighted by molar-refractivity contribution is 8.06. The zero-order chi connectivity index (χ0) is 13.1. The van der Waals surface area contributed by atoms with Gasteiger partial charge in [-0.05, 0) is 24.7 Å². The van der Waals surface area contributed by atoms with Gasteiger partial charge in [-0.15, -0.1) is 0 Å². The van der Waals surface area contributed by atoms with Gasteiger partial charge in [-0.3, -0.25) is 4.98 Å². The van der Waals surface area contributed by atoms with Crippen molar-refractivity contribution in [3.63, 3.8) is 0 Å². The van der Waals surface area contributed by atoms with E-state index in [0.717, 1.165) is 5.52 Å². The van der Waals surface area contributed by atoms with E-state index in [4.69, 9.17) is 0 Å². The zero-order valence-electron chi connectivity index (χ0n) is 11.0. The first-order chi connectivity index (χ1) is 9.40. The Morgan fingerprint density at radius 3 is 3.00 bits per heavy atom. The molecule has 0 saturated carbocycles. The van der Waals surface area contributed by atoms with Gasteiger partial charge in [-0.25, -0.2) is 0 Å². The van der Waals surface area contributed by atoms with Crippen LogP contribution < -0.4 is 5.32 Å². The summed E-state index contributed by atoms with van der Waals surface area (Å²) in [6, 6.07) is 11.1. The van der Waals surface area contributed by atoms with Crippen molar-refractivity contribution in [2.45, 2.75) is 11.3 Å². The molecule has 2 aromatic rings. The molecule has 2 atom stereocenters. The minimum atomic E-state index is 0.408. The minimum Gasteiger partial charge on any atom is -0.312 e. The van der Waals surface area contributed by atoms with Crippen LogP contribution in [-0.4, -0.2) is 34.5 Å². The molecule has 1 saturated heterocycles. The fourth-order valence-electron chi connectivity index (χ4n) is 2.64. The van der Waals surface area contributed by atoms with E-state index in [1.807, 2.05) is 12.3 Å². The molecular formula is C15H18N2S2. The van der Waals surface area contributed by atoms with Crippen molar-refractivity contribution >= 4 is 34.4 Å². The van der Waals surface area contributed by atoms with Gasteiger partial charge in [-0.1, -0.05) is 18.2 Å². The summed E-state index contributed by atoms with van der Waals surface area (Å²) in [6.07, 6.45) is 1.87. The molecule has 0 spiro atoms. The molecule has 0 radical (unpaired) electrons. The Balaban J connectivity index is 2.00. The normalized spacial score (nSPS) is 21.4. The Kier molecular flexibility index (Phi) is 4.31. The van der Waals surface area contributed by atoms with E-state index < -0.39 is 0 Å². The highest BCUT2D eigenvalue weighted by Crippen LogP contribution is 2.35. The lowest BCUT2D eigenvalue weighted by atomic mass is 9.99. The van der Waals surface area contributed by atoms with Crippen molar-refractivity contribution in [1.82, 2.24) is 10.3 Å². The molecule has 3 rings (SSSR count). The van der Waals surface area contributed by atoms with Gasteiger partial charge in [0.1, 0.15) is 0 Å². The fraction of sp³-hybridized carbons (Fsp3) is 0.400. The maximum absolute atomic E-state index is 4.46. The monoisotopic (exact) mass is 290 g/mol. The zero-order valence-corrected chi connectivity index (χ0v) is 12.6. The number of nitrogens with zero attached hydrogens (tertiary/aromatic N) is 1. The summed E-state index contributed by atoms with van der Waals surface area (Å²) in [5.41, 5.74) is 2.47. The summed E-state index contributed by atoms with van der Waals surface area (Å²) in [4.78, 5) is 4.46. The van der Waals surface area contributed by atoms with Crippen molar-refractivity contribution in [1.29, 1.82) is 0 Å². The lowest BCUT2D eigenvalue weighted by Gasteiger charge is -2.30. The highest BCUT2D eigenvalue weighted by atomic mass is 32.2. The van der Waals surface area contributed by atoms with Crippen molar-refractivity contribution in [3.8, 4) is 0 Å². The van der Waals surface area contributed by atoms with Gasteiger partial charge in [-0.2, -0.15) is 23.5 Å². The maximum atomic E-state index is 4.46. The first-order valence-electron chi connectivity index (χ1n) is 6.60. The van der Waals surface area contributed by atoms with Crippen LogP contribution in [0.25, 0.3) is 10.9 Å². The molecule has 0 amide bonds. The molecule has 19 heavy (non-hydrogen) atoms. The van der Waals surface area contributed by atoms with E-state index in [0.29, 0.717) is 11.3 Å². The first kappa shape index (κ1) is 13.3. The molecule has 0 aliphatic carbocycles. The van der Waals surface area contributed by atoms with Gasteiger partial charge in [0, 0.05) is 40.1 Å². The van der Waals surface area contributed by atoms with Crippen molar-refractivity contribution in [2.24, 2.45) is 0 Å². The first-order valence-corrected chi connectivity index (χ1v) is 8.81. The molecule has 1 aromatic heterocycles. The van der Waals surface area contributed by atoms with Gasteiger partial charge in [0.15, 0.2) is 0 Å². The lowest BCUT2D eigenvalue weighted by Crippen LogP contribution is -2.31. The Labute approximate surface area is 122 Å². The molecule has 1 aromatic carbocycles. The topological polar surface area (TPSA) is 24.9 Å². The Morgan fingerprint density at radius 2 is 2.21 bits per heavy atom. The second-order valence-electron chi connectivity index (χ2n) is 4.67. The third-order valence-corrected chi connectivity index (χ3v) is 6.40. The molecule has 0 bridgehead atoms.